The fourth-order valence-electron chi connectivity index (χ4n) is 2.70. The molecular weight excluding hydrogens is 244 g/mol. The van der Waals surface area contributed by atoms with Crippen LogP contribution in [0.3, 0.4) is 0 Å². The molecule has 0 radical (unpaired) electrons. The lowest BCUT2D eigenvalue weighted by Crippen LogP contribution is -2.60. The zero-order chi connectivity index (χ0) is 13.4. The first kappa shape index (κ1) is 11.9. The van der Waals surface area contributed by atoms with Crippen LogP contribution in [0.5, 0.6) is 0 Å². The second-order valence-corrected chi connectivity index (χ2v) is 4.87. The third-order valence-electron chi connectivity index (χ3n) is 3.68. The van der Waals surface area contributed by atoms with E-state index in [1.807, 2.05) is 30.3 Å². The molecule has 5 heteroatoms. The second-order valence-electron chi connectivity index (χ2n) is 4.87. The van der Waals surface area contributed by atoms with Gasteiger partial charge in [-0.2, -0.15) is 0 Å². The van der Waals surface area contributed by atoms with Crippen molar-refractivity contribution >= 4 is 17.7 Å². The van der Waals surface area contributed by atoms with Crippen LogP contribution < -0.4 is 0 Å². The number of carbonyl (C=O) groups excluding carboxylic acids is 3. The largest absolute Gasteiger partial charge is 0.322 e. The molecule has 0 N–H and O–H groups in total. The molecule has 0 saturated carbocycles. The smallest absolute Gasteiger partial charge is 0.319 e. The molecule has 2 fully saturated rings. The van der Waals surface area contributed by atoms with Crippen LogP contribution in [0.4, 0.5) is 0 Å². The molecule has 5 nitrogen and oxygen atoms in total. The summed E-state index contributed by atoms with van der Waals surface area (Å²) in [5, 5.41) is 0. The Morgan fingerprint density at radius 3 is 2.53 bits per heavy atom. The summed E-state index contributed by atoms with van der Waals surface area (Å²) in [5.41, 5.74) is 0.850. The van der Waals surface area contributed by atoms with Gasteiger partial charge < -0.3 is 4.90 Å². The van der Waals surface area contributed by atoms with Gasteiger partial charge in [0.1, 0.15) is 6.04 Å². The van der Waals surface area contributed by atoms with Gasteiger partial charge in [-0.15, -0.1) is 0 Å². The van der Waals surface area contributed by atoms with Crippen LogP contribution in [-0.2, 0) is 20.9 Å². The Bertz CT molecular complexity index is 541. The van der Waals surface area contributed by atoms with Crippen molar-refractivity contribution in [1.29, 1.82) is 0 Å². The monoisotopic (exact) mass is 258 g/mol. The van der Waals surface area contributed by atoms with Gasteiger partial charge in [-0.05, 0) is 18.4 Å². The first-order valence-electron chi connectivity index (χ1n) is 6.39. The quantitative estimate of drug-likeness (QED) is 0.575. The van der Waals surface area contributed by atoms with Crippen molar-refractivity contribution in [3.05, 3.63) is 35.9 Å². The van der Waals surface area contributed by atoms with Crippen molar-refractivity contribution in [3.8, 4) is 0 Å². The summed E-state index contributed by atoms with van der Waals surface area (Å²) in [6, 6.07) is 8.80. The summed E-state index contributed by atoms with van der Waals surface area (Å²) >= 11 is 0. The van der Waals surface area contributed by atoms with Gasteiger partial charge in [-0.3, -0.25) is 19.3 Å². The average Bonchev–Trinajstić information content (AvgIpc) is 2.92. The molecule has 2 aliphatic rings. The van der Waals surface area contributed by atoms with E-state index < -0.39 is 17.9 Å². The van der Waals surface area contributed by atoms with E-state index >= 15 is 0 Å². The number of nitrogens with zero attached hydrogens (tertiary/aromatic N) is 2. The standard InChI is InChI=1S/C14H14N2O3/c17-12-11-7-4-8-15(11)13(18)14(19)16(12)9-10-5-2-1-3-6-10/h1-3,5-6,11H,4,7-9H2. The van der Waals surface area contributed by atoms with Crippen molar-refractivity contribution in [2.24, 2.45) is 0 Å². The number of carbonyl (C=O) groups is 3. The Hall–Kier alpha value is -2.17. The summed E-state index contributed by atoms with van der Waals surface area (Å²) in [7, 11) is 0. The molecule has 0 spiro atoms. The number of fused-ring (bicyclic) bond motifs is 1. The van der Waals surface area contributed by atoms with Gasteiger partial charge in [0.05, 0.1) is 6.54 Å². The molecule has 3 rings (SSSR count). The molecule has 3 amide bonds. The maximum atomic E-state index is 12.3. The first-order chi connectivity index (χ1) is 9.18. The van der Waals surface area contributed by atoms with E-state index in [0.717, 1.165) is 16.9 Å². The highest BCUT2D eigenvalue weighted by Gasteiger charge is 2.47. The molecule has 0 aromatic heterocycles. The number of rotatable bonds is 2. The van der Waals surface area contributed by atoms with E-state index in [1.54, 1.807) is 0 Å². The van der Waals surface area contributed by atoms with E-state index in [-0.39, 0.29) is 12.5 Å². The molecule has 98 valence electrons. The molecule has 0 bridgehead atoms. The van der Waals surface area contributed by atoms with Crippen molar-refractivity contribution in [1.82, 2.24) is 9.80 Å². The average molecular weight is 258 g/mol. The Morgan fingerprint density at radius 1 is 1.05 bits per heavy atom. The van der Waals surface area contributed by atoms with Gasteiger partial charge in [-0.1, -0.05) is 30.3 Å². The third kappa shape index (κ3) is 1.91. The predicted octanol–water partition coefficient (Wildman–Crippen LogP) is 0.546. The van der Waals surface area contributed by atoms with E-state index in [0.29, 0.717) is 13.0 Å². The maximum absolute atomic E-state index is 12.3. The number of piperazine rings is 1. The topological polar surface area (TPSA) is 57.7 Å². The van der Waals surface area contributed by atoms with Gasteiger partial charge in [0.25, 0.3) is 5.91 Å². The molecule has 2 heterocycles. The van der Waals surface area contributed by atoms with Crippen molar-refractivity contribution in [3.63, 3.8) is 0 Å². The van der Waals surface area contributed by atoms with Crippen molar-refractivity contribution in [2.45, 2.75) is 25.4 Å². The summed E-state index contributed by atoms with van der Waals surface area (Å²) in [6.07, 6.45) is 1.44. The number of benzene rings is 1. The van der Waals surface area contributed by atoms with Crippen molar-refractivity contribution in [2.75, 3.05) is 6.54 Å². The Balaban J connectivity index is 1.86. The second kappa shape index (κ2) is 4.50. The minimum atomic E-state index is -0.702. The molecule has 2 aliphatic heterocycles. The minimum Gasteiger partial charge on any atom is -0.322 e. The zero-order valence-corrected chi connectivity index (χ0v) is 10.4. The lowest BCUT2D eigenvalue weighted by molar-refractivity contribution is -0.166. The Morgan fingerprint density at radius 2 is 1.79 bits per heavy atom. The molecular formula is C14H14N2O3. The van der Waals surface area contributed by atoms with Crippen molar-refractivity contribution < 1.29 is 14.4 Å². The van der Waals surface area contributed by atoms with Crippen LogP contribution in [0.1, 0.15) is 18.4 Å². The van der Waals surface area contributed by atoms with Crippen LogP contribution in [0.25, 0.3) is 0 Å². The van der Waals surface area contributed by atoms with Crippen LogP contribution >= 0.6 is 0 Å². The van der Waals surface area contributed by atoms with Crippen LogP contribution in [-0.4, -0.2) is 40.1 Å². The van der Waals surface area contributed by atoms with Crippen LogP contribution in [0.2, 0.25) is 0 Å². The fourth-order valence-corrected chi connectivity index (χ4v) is 2.70. The molecule has 1 atom stereocenters. The summed E-state index contributed by atoms with van der Waals surface area (Å²) in [5.74, 6) is -1.49. The number of amides is 3. The Labute approximate surface area is 110 Å². The zero-order valence-electron chi connectivity index (χ0n) is 10.4. The van der Waals surface area contributed by atoms with E-state index in [2.05, 4.69) is 0 Å². The van der Waals surface area contributed by atoms with Crippen LogP contribution in [0.15, 0.2) is 30.3 Å². The summed E-state index contributed by atoms with van der Waals surface area (Å²) in [4.78, 5) is 38.7. The highest BCUT2D eigenvalue weighted by atomic mass is 16.2. The lowest BCUT2D eigenvalue weighted by Gasteiger charge is -2.34. The number of hydrogen-bond acceptors (Lipinski definition) is 3. The van der Waals surface area contributed by atoms with Crippen LogP contribution in [0, 0.1) is 0 Å². The van der Waals surface area contributed by atoms with E-state index in [1.165, 1.54) is 4.90 Å². The molecule has 1 aromatic rings. The first-order valence-corrected chi connectivity index (χ1v) is 6.39. The molecule has 1 aromatic carbocycles. The highest BCUT2D eigenvalue weighted by Crippen LogP contribution is 2.25. The normalized spacial score (nSPS) is 22.9. The third-order valence-corrected chi connectivity index (χ3v) is 3.68. The van der Waals surface area contributed by atoms with E-state index in [9.17, 15) is 14.4 Å². The maximum Gasteiger partial charge on any atom is 0.319 e. The highest BCUT2D eigenvalue weighted by molar-refractivity contribution is 6.40. The van der Waals surface area contributed by atoms with Gasteiger partial charge in [0.15, 0.2) is 0 Å². The number of hydrogen-bond donors (Lipinski definition) is 0. The lowest BCUT2D eigenvalue weighted by atomic mass is 10.1. The fraction of sp³-hybridized carbons (Fsp3) is 0.357. The number of imide groups is 1. The summed E-state index contributed by atoms with van der Waals surface area (Å²) in [6.45, 7) is 0.689. The molecule has 1 unspecified atom stereocenters. The summed E-state index contributed by atoms with van der Waals surface area (Å²) < 4.78 is 0. The molecule has 2 saturated heterocycles. The minimum absolute atomic E-state index is 0.175. The Kier molecular flexibility index (Phi) is 2.81. The van der Waals surface area contributed by atoms with Gasteiger partial charge in [0.2, 0.25) is 0 Å². The predicted molar refractivity (Wildman–Crippen MR) is 66.7 cm³/mol. The molecule has 19 heavy (non-hydrogen) atoms. The van der Waals surface area contributed by atoms with E-state index in [4.69, 9.17) is 0 Å². The van der Waals surface area contributed by atoms with Gasteiger partial charge in [-0.25, -0.2) is 0 Å². The SMILES string of the molecule is O=C1C(=O)N2CCCC2C(=O)N1Cc1ccccc1. The van der Waals surface area contributed by atoms with Gasteiger partial charge in [0, 0.05) is 6.54 Å². The van der Waals surface area contributed by atoms with Gasteiger partial charge >= 0.3 is 11.8 Å². The molecule has 0 aliphatic carbocycles.